The van der Waals surface area contributed by atoms with Crippen LogP contribution in [-0.4, -0.2) is 18.0 Å². The summed E-state index contributed by atoms with van der Waals surface area (Å²) in [5, 5.41) is 3.96. The number of carbonyl (C=O) groups is 2. The maximum absolute atomic E-state index is 12.1. The molecule has 0 saturated heterocycles. The molecular formula is C21H17N3O2. The van der Waals surface area contributed by atoms with Gasteiger partial charge in [-0.15, -0.1) is 0 Å². The van der Waals surface area contributed by atoms with Crippen molar-refractivity contribution in [1.29, 1.82) is 0 Å². The van der Waals surface area contributed by atoms with E-state index in [-0.39, 0.29) is 5.91 Å². The number of rotatable bonds is 5. The first-order chi connectivity index (χ1) is 12.6. The maximum Gasteiger partial charge on any atom is 0.271 e. The highest BCUT2D eigenvalue weighted by atomic mass is 16.2. The van der Waals surface area contributed by atoms with E-state index < -0.39 is 5.91 Å². The van der Waals surface area contributed by atoms with Gasteiger partial charge in [0.05, 0.1) is 6.21 Å². The minimum atomic E-state index is -0.459. The first kappa shape index (κ1) is 17.1. The van der Waals surface area contributed by atoms with Gasteiger partial charge in [0.15, 0.2) is 0 Å². The van der Waals surface area contributed by atoms with Crippen LogP contribution in [0.1, 0.15) is 26.3 Å². The molecule has 0 bridgehead atoms. The highest BCUT2D eigenvalue weighted by Crippen LogP contribution is 2.20. The first-order valence-corrected chi connectivity index (χ1v) is 8.02. The first-order valence-electron chi connectivity index (χ1n) is 8.02. The molecule has 3 N–H and O–H groups in total. The molecule has 0 saturated carbocycles. The van der Waals surface area contributed by atoms with Crippen molar-refractivity contribution in [1.82, 2.24) is 5.43 Å². The molecule has 5 nitrogen and oxygen atoms in total. The summed E-state index contributed by atoms with van der Waals surface area (Å²) in [6.07, 6.45) is 1.59. The Labute approximate surface area is 151 Å². The smallest absolute Gasteiger partial charge is 0.271 e. The second kappa shape index (κ2) is 7.90. The fourth-order valence-electron chi connectivity index (χ4n) is 2.41. The Hall–Kier alpha value is -3.73. The molecule has 0 aliphatic heterocycles. The molecule has 128 valence electrons. The maximum atomic E-state index is 12.1. The van der Waals surface area contributed by atoms with Gasteiger partial charge >= 0.3 is 0 Å². The number of nitrogens with one attached hydrogen (secondary N) is 1. The summed E-state index contributed by atoms with van der Waals surface area (Å²) in [6.45, 7) is 0. The molecule has 0 unspecified atom stereocenters. The summed E-state index contributed by atoms with van der Waals surface area (Å²) >= 11 is 0. The number of nitrogens with zero attached hydrogens (tertiary/aromatic N) is 1. The van der Waals surface area contributed by atoms with Crippen molar-refractivity contribution in [2.45, 2.75) is 0 Å². The number of hydrogen-bond donors (Lipinski definition) is 2. The molecule has 3 rings (SSSR count). The number of carbonyl (C=O) groups excluding carboxylic acids is 2. The third-order valence-electron chi connectivity index (χ3n) is 3.83. The Morgan fingerprint density at radius 3 is 1.85 bits per heavy atom. The largest absolute Gasteiger partial charge is 0.366 e. The van der Waals surface area contributed by atoms with E-state index in [0.717, 1.165) is 16.7 Å². The van der Waals surface area contributed by atoms with E-state index >= 15 is 0 Å². The molecule has 0 aromatic heterocycles. The van der Waals surface area contributed by atoms with Crippen molar-refractivity contribution in [3.8, 4) is 11.1 Å². The summed E-state index contributed by atoms with van der Waals surface area (Å²) in [5.74, 6) is -0.743. The Morgan fingerprint density at radius 1 is 0.769 bits per heavy atom. The third kappa shape index (κ3) is 4.21. The van der Waals surface area contributed by atoms with E-state index in [1.165, 1.54) is 0 Å². The summed E-state index contributed by atoms with van der Waals surface area (Å²) in [6, 6.07) is 23.6. The van der Waals surface area contributed by atoms with Crippen LogP contribution in [0.3, 0.4) is 0 Å². The van der Waals surface area contributed by atoms with Crippen LogP contribution in [-0.2, 0) is 0 Å². The van der Waals surface area contributed by atoms with Crippen LogP contribution in [0.25, 0.3) is 11.1 Å². The van der Waals surface area contributed by atoms with Crippen molar-refractivity contribution >= 4 is 18.0 Å². The molecule has 0 atom stereocenters. The molecule has 26 heavy (non-hydrogen) atoms. The van der Waals surface area contributed by atoms with E-state index in [0.29, 0.717) is 11.1 Å². The van der Waals surface area contributed by atoms with Gasteiger partial charge in [0.1, 0.15) is 0 Å². The van der Waals surface area contributed by atoms with Crippen LogP contribution in [0.4, 0.5) is 0 Å². The highest BCUT2D eigenvalue weighted by Gasteiger charge is 2.06. The van der Waals surface area contributed by atoms with E-state index in [4.69, 9.17) is 5.73 Å². The van der Waals surface area contributed by atoms with Crippen LogP contribution in [0, 0.1) is 0 Å². The van der Waals surface area contributed by atoms with Crippen molar-refractivity contribution in [2.75, 3.05) is 0 Å². The third-order valence-corrected chi connectivity index (χ3v) is 3.83. The normalized spacial score (nSPS) is 10.6. The SMILES string of the molecule is NC(=O)c1ccc(-c2ccc(C(=O)N/N=C/c3ccccc3)cc2)cc1. The molecule has 5 heteroatoms. The number of amides is 2. The molecule has 0 aliphatic carbocycles. The van der Waals surface area contributed by atoms with Crippen LogP contribution in [0.5, 0.6) is 0 Å². The van der Waals surface area contributed by atoms with Crippen LogP contribution >= 0.6 is 0 Å². The zero-order valence-electron chi connectivity index (χ0n) is 13.9. The van der Waals surface area contributed by atoms with Gasteiger partial charge in [0.2, 0.25) is 5.91 Å². The van der Waals surface area contributed by atoms with Crippen molar-refractivity contribution < 1.29 is 9.59 Å². The number of nitrogens with two attached hydrogens (primary N) is 1. The molecule has 0 aliphatic rings. The highest BCUT2D eigenvalue weighted by molar-refractivity contribution is 5.95. The zero-order chi connectivity index (χ0) is 18.4. The predicted molar refractivity (Wildman–Crippen MR) is 102 cm³/mol. The van der Waals surface area contributed by atoms with Gasteiger partial charge in [-0.3, -0.25) is 9.59 Å². The summed E-state index contributed by atoms with van der Waals surface area (Å²) in [5.41, 5.74) is 11.5. The second-order valence-electron chi connectivity index (χ2n) is 5.63. The van der Waals surface area contributed by atoms with Gasteiger partial charge in [-0.2, -0.15) is 5.10 Å². The van der Waals surface area contributed by atoms with E-state index in [2.05, 4.69) is 10.5 Å². The molecule has 2 amide bonds. The Kier molecular flexibility index (Phi) is 5.19. The minimum absolute atomic E-state index is 0.284. The average Bonchev–Trinajstić information content (AvgIpc) is 2.69. The number of primary amides is 1. The lowest BCUT2D eigenvalue weighted by Gasteiger charge is -2.05. The van der Waals surface area contributed by atoms with Gasteiger partial charge in [-0.1, -0.05) is 54.6 Å². The van der Waals surface area contributed by atoms with Gasteiger partial charge < -0.3 is 5.73 Å². The van der Waals surface area contributed by atoms with E-state index in [1.807, 2.05) is 54.6 Å². The zero-order valence-corrected chi connectivity index (χ0v) is 13.9. The summed E-state index contributed by atoms with van der Waals surface area (Å²) in [4.78, 5) is 23.2. The Bertz CT molecular complexity index is 931. The molecular weight excluding hydrogens is 326 g/mol. The topological polar surface area (TPSA) is 84.5 Å². The molecule has 0 radical (unpaired) electrons. The van der Waals surface area contributed by atoms with Crippen molar-refractivity contribution in [3.05, 3.63) is 95.6 Å². The van der Waals surface area contributed by atoms with Crippen LogP contribution in [0.2, 0.25) is 0 Å². The Morgan fingerprint density at radius 2 is 1.31 bits per heavy atom. The lowest BCUT2D eigenvalue weighted by atomic mass is 10.0. The van der Waals surface area contributed by atoms with Gasteiger partial charge in [-0.05, 0) is 41.0 Å². The quantitative estimate of drug-likeness (QED) is 0.551. The summed E-state index contributed by atoms with van der Waals surface area (Å²) < 4.78 is 0. The monoisotopic (exact) mass is 343 g/mol. The number of benzene rings is 3. The molecule has 3 aromatic carbocycles. The van der Waals surface area contributed by atoms with Gasteiger partial charge in [0, 0.05) is 11.1 Å². The Balaban J connectivity index is 1.66. The standard InChI is InChI=1S/C21H17N3O2/c22-20(25)18-10-6-16(7-11-18)17-8-12-19(13-9-17)21(26)24-23-14-15-4-2-1-3-5-15/h1-14H,(H2,22,25)(H,24,26)/b23-14+. The van der Waals surface area contributed by atoms with Crippen molar-refractivity contribution in [2.24, 2.45) is 10.8 Å². The van der Waals surface area contributed by atoms with Crippen molar-refractivity contribution in [3.63, 3.8) is 0 Å². The molecule has 0 fully saturated rings. The minimum Gasteiger partial charge on any atom is -0.366 e. The lowest BCUT2D eigenvalue weighted by Crippen LogP contribution is -2.17. The number of hydrazone groups is 1. The fourth-order valence-corrected chi connectivity index (χ4v) is 2.41. The second-order valence-corrected chi connectivity index (χ2v) is 5.63. The lowest BCUT2D eigenvalue weighted by molar-refractivity contribution is 0.0953. The predicted octanol–water partition coefficient (Wildman–Crippen LogP) is 3.22. The molecule has 0 spiro atoms. The van der Waals surface area contributed by atoms with E-state index in [1.54, 1.807) is 30.5 Å². The van der Waals surface area contributed by atoms with Gasteiger partial charge in [-0.25, -0.2) is 5.43 Å². The van der Waals surface area contributed by atoms with Crippen LogP contribution in [0.15, 0.2) is 84.0 Å². The van der Waals surface area contributed by atoms with E-state index in [9.17, 15) is 9.59 Å². The molecule has 0 heterocycles. The summed E-state index contributed by atoms with van der Waals surface area (Å²) in [7, 11) is 0. The number of hydrogen-bond acceptors (Lipinski definition) is 3. The average molecular weight is 343 g/mol. The fraction of sp³-hybridized carbons (Fsp3) is 0. The van der Waals surface area contributed by atoms with Gasteiger partial charge in [0.25, 0.3) is 5.91 Å². The van der Waals surface area contributed by atoms with Crippen LogP contribution < -0.4 is 11.2 Å². The molecule has 3 aromatic rings.